The van der Waals surface area contributed by atoms with Crippen LogP contribution in [0, 0.1) is 11.6 Å². The number of sulfone groups is 1. The van der Waals surface area contributed by atoms with Crippen LogP contribution in [0.15, 0.2) is 70.2 Å². The number of hydrogen-bond donors (Lipinski definition) is 0. The van der Waals surface area contributed by atoms with E-state index in [0.29, 0.717) is 10.8 Å². The molecule has 0 bridgehead atoms. The average Bonchev–Trinajstić information content (AvgIpc) is 3.08. The van der Waals surface area contributed by atoms with Crippen molar-refractivity contribution in [3.8, 4) is 0 Å². The molecule has 1 aromatic heterocycles. The molecule has 0 saturated heterocycles. The molecule has 2 aromatic carbocycles. The summed E-state index contributed by atoms with van der Waals surface area (Å²) in [5.74, 6) is -1.16. The molecule has 3 nitrogen and oxygen atoms in total. The fourth-order valence-corrected chi connectivity index (χ4v) is 4.42. The molecule has 0 amide bonds. The van der Waals surface area contributed by atoms with E-state index in [0.717, 1.165) is 18.2 Å². The van der Waals surface area contributed by atoms with E-state index in [9.17, 15) is 17.2 Å². The summed E-state index contributed by atoms with van der Waals surface area (Å²) in [7, 11) is -4.01. The van der Waals surface area contributed by atoms with Crippen LogP contribution in [0.25, 0.3) is 0 Å². The summed E-state index contributed by atoms with van der Waals surface area (Å²) in [5, 5.41) is -0.964. The van der Waals surface area contributed by atoms with E-state index in [-0.39, 0.29) is 16.9 Å². The lowest BCUT2D eigenvalue weighted by Crippen LogP contribution is -2.18. The Kier molecular flexibility index (Phi) is 4.92. The van der Waals surface area contributed by atoms with Gasteiger partial charge in [0.2, 0.25) is 0 Å². The van der Waals surface area contributed by atoms with Gasteiger partial charge in [-0.2, -0.15) is 0 Å². The van der Waals surface area contributed by atoms with E-state index in [4.69, 9.17) is 16.0 Å². The molecule has 3 rings (SSSR count). The maximum Gasteiger partial charge on any atom is 0.185 e. The zero-order valence-corrected chi connectivity index (χ0v) is 14.4. The van der Waals surface area contributed by atoms with Crippen molar-refractivity contribution in [2.75, 3.05) is 0 Å². The molecule has 1 heterocycles. The van der Waals surface area contributed by atoms with Crippen LogP contribution in [0.3, 0.4) is 0 Å². The van der Waals surface area contributed by atoms with Gasteiger partial charge in [-0.1, -0.05) is 11.6 Å². The van der Waals surface area contributed by atoms with Crippen molar-refractivity contribution < 1.29 is 21.6 Å². The van der Waals surface area contributed by atoms with Gasteiger partial charge < -0.3 is 4.42 Å². The van der Waals surface area contributed by atoms with Gasteiger partial charge in [-0.3, -0.25) is 0 Å². The van der Waals surface area contributed by atoms with Crippen molar-refractivity contribution in [1.29, 1.82) is 0 Å². The number of benzene rings is 2. The Morgan fingerprint density at radius 2 is 1.76 bits per heavy atom. The van der Waals surface area contributed by atoms with Gasteiger partial charge in [0.15, 0.2) is 9.84 Å². The SMILES string of the molecule is O=S(=O)(c1ccc(Cl)cc1)C(Cc1ccco1)c1cc(F)ccc1F. The predicted molar refractivity (Wildman–Crippen MR) is 90.1 cm³/mol. The standard InChI is InChI=1S/C18H13ClF2O3S/c19-12-3-6-15(7-4-12)25(22,23)18(11-14-2-1-9-24-14)16-10-13(20)5-8-17(16)21/h1-10,18H,11H2. The third-order valence-electron chi connectivity index (χ3n) is 3.79. The molecule has 0 radical (unpaired) electrons. The highest BCUT2D eigenvalue weighted by atomic mass is 35.5. The lowest BCUT2D eigenvalue weighted by atomic mass is 10.1. The topological polar surface area (TPSA) is 47.3 Å². The molecule has 1 unspecified atom stereocenters. The normalized spacial score (nSPS) is 12.9. The van der Waals surface area contributed by atoms with Gasteiger partial charge in [-0.05, 0) is 54.6 Å². The van der Waals surface area contributed by atoms with E-state index in [1.807, 2.05) is 0 Å². The molecule has 0 aliphatic heterocycles. The van der Waals surface area contributed by atoms with Gasteiger partial charge in [-0.25, -0.2) is 17.2 Å². The summed E-state index contributed by atoms with van der Waals surface area (Å²) in [6.45, 7) is 0. The Bertz CT molecular complexity index is 968. The molecule has 0 spiro atoms. The van der Waals surface area contributed by atoms with E-state index in [2.05, 4.69) is 0 Å². The van der Waals surface area contributed by atoms with Gasteiger partial charge >= 0.3 is 0 Å². The van der Waals surface area contributed by atoms with Crippen molar-refractivity contribution in [3.05, 3.63) is 88.8 Å². The molecular formula is C18H13ClF2O3S. The lowest BCUT2D eigenvalue weighted by Gasteiger charge is -2.18. The van der Waals surface area contributed by atoms with Crippen molar-refractivity contribution in [2.24, 2.45) is 0 Å². The molecule has 3 aromatic rings. The Morgan fingerprint density at radius 3 is 2.40 bits per heavy atom. The van der Waals surface area contributed by atoms with E-state index in [1.54, 1.807) is 12.1 Å². The van der Waals surface area contributed by atoms with Gasteiger partial charge in [0, 0.05) is 17.0 Å². The van der Waals surface area contributed by atoms with Crippen molar-refractivity contribution in [3.63, 3.8) is 0 Å². The summed E-state index contributed by atoms with van der Waals surface area (Å²) >= 11 is 5.80. The van der Waals surface area contributed by atoms with Crippen LogP contribution < -0.4 is 0 Å². The van der Waals surface area contributed by atoms with Crippen molar-refractivity contribution >= 4 is 21.4 Å². The molecule has 1 atom stereocenters. The maximum atomic E-state index is 14.3. The van der Waals surface area contributed by atoms with Crippen LogP contribution in [0.4, 0.5) is 8.78 Å². The molecule has 0 N–H and O–H groups in total. The largest absolute Gasteiger partial charge is 0.469 e. The number of halogens is 3. The van der Waals surface area contributed by atoms with Crippen LogP contribution >= 0.6 is 11.6 Å². The Hall–Kier alpha value is -2.18. The summed E-state index contributed by atoms with van der Waals surface area (Å²) in [6.07, 6.45) is 1.27. The second-order valence-corrected chi connectivity index (χ2v) is 8.00. The van der Waals surface area contributed by atoms with Gasteiger partial charge in [0.25, 0.3) is 0 Å². The number of rotatable bonds is 5. The van der Waals surface area contributed by atoms with E-state index in [1.165, 1.54) is 30.5 Å². The fourth-order valence-electron chi connectivity index (χ4n) is 2.55. The third-order valence-corrected chi connectivity index (χ3v) is 6.14. The van der Waals surface area contributed by atoms with Crippen LogP contribution in [-0.4, -0.2) is 8.42 Å². The minimum atomic E-state index is -4.01. The minimum absolute atomic E-state index is 0.0304. The quantitative estimate of drug-likeness (QED) is 0.626. The predicted octanol–water partition coefficient (Wildman–Crippen LogP) is 4.97. The molecule has 7 heteroatoms. The highest BCUT2D eigenvalue weighted by molar-refractivity contribution is 7.91. The second-order valence-electron chi connectivity index (χ2n) is 5.44. The van der Waals surface area contributed by atoms with E-state index >= 15 is 0 Å². The first-order valence-electron chi connectivity index (χ1n) is 7.35. The first kappa shape index (κ1) is 17.6. The molecule has 0 saturated carbocycles. The van der Waals surface area contributed by atoms with Gasteiger partial charge in [-0.15, -0.1) is 0 Å². The average molecular weight is 383 g/mol. The maximum absolute atomic E-state index is 14.3. The first-order chi connectivity index (χ1) is 11.9. The van der Waals surface area contributed by atoms with Crippen LogP contribution in [0.2, 0.25) is 5.02 Å². The zero-order valence-electron chi connectivity index (χ0n) is 12.8. The summed E-state index contributed by atoms with van der Waals surface area (Å²) in [4.78, 5) is -0.0304. The Balaban J connectivity index is 2.13. The fraction of sp³-hybridized carbons (Fsp3) is 0.111. The van der Waals surface area contributed by atoms with Crippen molar-refractivity contribution in [2.45, 2.75) is 16.6 Å². The number of hydrogen-bond acceptors (Lipinski definition) is 3. The molecule has 0 fully saturated rings. The summed E-state index contributed by atoms with van der Waals surface area (Å²) < 4.78 is 59.2. The lowest BCUT2D eigenvalue weighted by molar-refractivity contribution is 0.493. The van der Waals surface area contributed by atoms with Crippen LogP contribution in [-0.2, 0) is 16.3 Å². The van der Waals surface area contributed by atoms with Gasteiger partial charge in [0.05, 0.1) is 11.2 Å². The molecule has 0 aliphatic rings. The molecule has 130 valence electrons. The first-order valence-corrected chi connectivity index (χ1v) is 9.27. The summed E-state index contributed by atoms with van der Waals surface area (Å²) in [6, 6.07) is 11.5. The monoisotopic (exact) mass is 382 g/mol. The van der Waals surface area contributed by atoms with Gasteiger partial charge in [0.1, 0.15) is 22.6 Å². The highest BCUT2D eigenvalue weighted by Crippen LogP contribution is 2.34. The van der Waals surface area contributed by atoms with E-state index < -0.39 is 26.7 Å². The minimum Gasteiger partial charge on any atom is -0.469 e. The van der Waals surface area contributed by atoms with Crippen LogP contribution in [0.1, 0.15) is 16.6 Å². The number of furan rings is 1. The Labute approximate surface area is 148 Å². The Morgan fingerprint density at radius 1 is 1.04 bits per heavy atom. The zero-order chi connectivity index (χ0) is 18.0. The van der Waals surface area contributed by atoms with Crippen LogP contribution in [0.5, 0.6) is 0 Å². The molecule has 0 aliphatic carbocycles. The summed E-state index contributed by atoms with van der Waals surface area (Å²) in [5.41, 5.74) is -0.244. The van der Waals surface area contributed by atoms with Crippen molar-refractivity contribution in [1.82, 2.24) is 0 Å². The third kappa shape index (κ3) is 3.75. The second kappa shape index (κ2) is 6.98. The highest BCUT2D eigenvalue weighted by Gasteiger charge is 2.32. The molecular weight excluding hydrogens is 370 g/mol. The smallest absolute Gasteiger partial charge is 0.185 e. The molecule has 25 heavy (non-hydrogen) atoms.